The van der Waals surface area contributed by atoms with Crippen LogP contribution >= 0.6 is 0 Å². The van der Waals surface area contributed by atoms with E-state index in [9.17, 15) is 15.3 Å². The predicted molar refractivity (Wildman–Crippen MR) is 155 cm³/mol. The molecular formula is C34H56O5. The Balaban J connectivity index is 1.24. The normalized spacial score (nSPS) is 48.6. The van der Waals surface area contributed by atoms with Gasteiger partial charge >= 0.3 is 0 Å². The van der Waals surface area contributed by atoms with E-state index in [2.05, 4.69) is 47.3 Å². The molecule has 0 aromatic rings. The van der Waals surface area contributed by atoms with Gasteiger partial charge in [-0.2, -0.15) is 0 Å². The Bertz CT molecular complexity index is 929. The zero-order valence-electron chi connectivity index (χ0n) is 25.4. The van der Waals surface area contributed by atoms with E-state index in [1.54, 1.807) is 6.92 Å². The second-order valence-electron chi connectivity index (χ2n) is 15.0. The highest BCUT2D eigenvalue weighted by Gasteiger charge is 2.59. The van der Waals surface area contributed by atoms with E-state index in [-0.39, 0.29) is 11.5 Å². The van der Waals surface area contributed by atoms with Gasteiger partial charge in [-0.15, -0.1) is 0 Å². The molecule has 5 rings (SSSR count). The molecule has 0 spiro atoms. The summed E-state index contributed by atoms with van der Waals surface area (Å²) in [6.07, 6.45) is 9.57. The molecule has 0 aromatic carbocycles. The van der Waals surface area contributed by atoms with Crippen LogP contribution in [0.2, 0.25) is 0 Å². The van der Waals surface area contributed by atoms with Crippen molar-refractivity contribution in [1.29, 1.82) is 0 Å². The molecule has 3 N–H and O–H groups in total. The molecule has 4 fully saturated rings. The van der Waals surface area contributed by atoms with E-state index < -0.39 is 30.7 Å². The summed E-state index contributed by atoms with van der Waals surface area (Å²) < 4.78 is 12.0. The van der Waals surface area contributed by atoms with E-state index in [0.717, 1.165) is 48.9 Å². The first-order chi connectivity index (χ1) is 18.4. The Kier molecular flexibility index (Phi) is 8.52. The maximum absolute atomic E-state index is 10.5. The van der Waals surface area contributed by atoms with Crippen molar-refractivity contribution in [2.45, 2.75) is 143 Å². The fourth-order valence-electron chi connectivity index (χ4n) is 9.94. The second kappa shape index (κ2) is 11.2. The van der Waals surface area contributed by atoms with Crippen LogP contribution in [0.1, 0.15) is 106 Å². The lowest BCUT2D eigenvalue weighted by Crippen LogP contribution is -2.58. The van der Waals surface area contributed by atoms with E-state index >= 15 is 0 Å². The SMILES string of the molecule is C=C(CCC(C)C1CCC2C3CC=C4CC(OC5OC(C)C(O)C(O)C5O)CCC4(C)C3CCC12C)C(C)C. The van der Waals surface area contributed by atoms with Crippen molar-refractivity contribution >= 4 is 0 Å². The van der Waals surface area contributed by atoms with Crippen molar-refractivity contribution in [3.05, 3.63) is 23.8 Å². The van der Waals surface area contributed by atoms with Gasteiger partial charge in [0.2, 0.25) is 0 Å². The van der Waals surface area contributed by atoms with E-state index in [1.807, 2.05) is 0 Å². The third-order valence-electron chi connectivity index (χ3n) is 12.7. The summed E-state index contributed by atoms with van der Waals surface area (Å²) in [5, 5.41) is 30.7. The maximum Gasteiger partial charge on any atom is 0.186 e. The fourth-order valence-corrected chi connectivity index (χ4v) is 9.94. The van der Waals surface area contributed by atoms with Gasteiger partial charge in [-0.1, -0.05) is 58.4 Å². The highest BCUT2D eigenvalue weighted by atomic mass is 16.7. The molecule has 0 bridgehead atoms. The topological polar surface area (TPSA) is 79.2 Å². The Morgan fingerprint density at radius 3 is 2.49 bits per heavy atom. The lowest BCUT2D eigenvalue weighted by atomic mass is 9.47. The molecule has 0 radical (unpaired) electrons. The standard InChI is InChI=1S/C34H56O5/c1-19(2)20(3)8-9-21(4)26-12-13-27-25-11-10-23-18-24(39-32-31(37)30(36)29(35)22(5)38-32)14-16-33(23,6)28(25)15-17-34(26,27)7/h10,19,21-22,24-32,35-37H,3,8-9,11-18H2,1-2,4-7H3. The number of hydrogen-bond acceptors (Lipinski definition) is 5. The van der Waals surface area contributed by atoms with Gasteiger partial charge in [0.05, 0.1) is 12.2 Å². The van der Waals surface area contributed by atoms with Crippen LogP contribution in [-0.4, -0.2) is 52.1 Å². The van der Waals surface area contributed by atoms with Crippen molar-refractivity contribution in [2.75, 3.05) is 0 Å². The average Bonchev–Trinajstić information content (AvgIpc) is 3.26. The van der Waals surface area contributed by atoms with Crippen LogP contribution in [0.4, 0.5) is 0 Å². The predicted octanol–water partition coefficient (Wildman–Crippen LogP) is 6.41. The van der Waals surface area contributed by atoms with Crippen LogP contribution in [0.15, 0.2) is 23.8 Å². The zero-order chi connectivity index (χ0) is 28.3. The molecule has 4 aliphatic carbocycles. The summed E-state index contributed by atoms with van der Waals surface area (Å²) in [4.78, 5) is 0. The van der Waals surface area contributed by atoms with Crippen molar-refractivity contribution in [3.8, 4) is 0 Å². The lowest BCUT2D eigenvalue weighted by Gasteiger charge is -2.58. The highest BCUT2D eigenvalue weighted by molar-refractivity contribution is 5.25. The molecule has 13 atom stereocenters. The minimum Gasteiger partial charge on any atom is -0.388 e. The van der Waals surface area contributed by atoms with Gasteiger partial charge in [0, 0.05) is 0 Å². The van der Waals surface area contributed by atoms with Gasteiger partial charge in [0.1, 0.15) is 18.3 Å². The fraction of sp³-hybridized carbons (Fsp3) is 0.882. The average molecular weight is 545 g/mol. The van der Waals surface area contributed by atoms with Gasteiger partial charge in [-0.05, 0) is 117 Å². The van der Waals surface area contributed by atoms with Crippen molar-refractivity contribution in [2.24, 2.45) is 46.3 Å². The van der Waals surface area contributed by atoms with Gasteiger partial charge in [-0.25, -0.2) is 0 Å². The van der Waals surface area contributed by atoms with Gasteiger partial charge < -0.3 is 24.8 Å². The number of ether oxygens (including phenoxy) is 2. The smallest absolute Gasteiger partial charge is 0.186 e. The van der Waals surface area contributed by atoms with Crippen LogP contribution in [0.5, 0.6) is 0 Å². The summed E-state index contributed by atoms with van der Waals surface area (Å²) in [6, 6.07) is 0. The first-order valence-corrected chi connectivity index (χ1v) is 16.1. The summed E-state index contributed by atoms with van der Waals surface area (Å²) >= 11 is 0. The molecule has 3 saturated carbocycles. The molecule has 1 heterocycles. The van der Waals surface area contributed by atoms with Gasteiger partial charge in [-0.3, -0.25) is 0 Å². The summed E-state index contributed by atoms with van der Waals surface area (Å²) in [7, 11) is 0. The van der Waals surface area contributed by atoms with Crippen LogP contribution in [-0.2, 0) is 9.47 Å². The van der Waals surface area contributed by atoms with Gasteiger partial charge in [0.15, 0.2) is 6.29 Å². The first kappa shape index (κ1) is 29.8. The molecule has 5 heteroatoms. The quantitative estimate of drug-likeness (QED) is 0.323. The monoisotopic (exact) mass is 544 g/mol. The first-order valence-electron chi connectivity index (χ1n) is 16.1. The zero-order valence-corrected chi connectivity index (χ0v) is 25.4. The second-order valence-corrected chi connectivity index (χ2v) is 15.0. The molecule has 1 aliphatic heterocycles. The lowest BCUT2D eigenvalue weighted by molar-refractivity contribution is -0.305. The molecule has 13 unspecified atom stereocenters. The Hall–Kier alpha value is -0.720. The summed E-state index contributed by atoms with van der Waals surface area (Å²) in [5.74, 6) is 4.57. The van der Waals surface area contributed by atoms with E-state index in [4.69, 9.17) is 9.47 Å². The number of fused-ring (bicyclic) bond motifs is 5. The minimum atomic E-state index is -1.24. The molecule has 0 amide bonds. The Morgan fingerprint density at radius 2 is 1.77 bits per heavy atom. The van der Waals surface area contributed by atoms with Crippen molar-refractivity contribution < 1.29 is 24.8 Å². The minimum absolute atomic E-state index is 0.0266. The van der Waals surface area contributed by atoms with E-state index in [1.165, 1.54) is 56.1 Å². The summed E-state index contributed by atoms with van der Waals surface area (Å²) in [5.41, 5.74) is 3.66. The maximum atomic E-state index is 10.5. The number of allylic oxidation sites excluding steroid dienone is 2. The van der Waals surface area contributed by atoms with Crippen LogP contribution in [0.25, 0.3) is 0 Å². The molecule has 5 nitrogen and oxygen atoms in total. The number of aliphatic hydroxyl groups excluding tert-OH is 3. The molecule has 222 valence electrons. The largest absolute Gasteiger partial charge is 0.388 e. The third-order valence-corrected chi connectivity index (χ3v) is 12.7. The van der Waals surface area contributed by atoms with Crippen molar-refractivity contribution in [3.63, 3.8) is 0 Å². The Labute approximate surface area is 237 Å². The number of hydrogen-bond donors (Lipinski definition) is 3. The van der Waals surface area contributed by atoms with Crippen LogP contribution < -0.4 is 0 Å². The van der Waals surface area contributed by atoms with Crippen LogP contribution in [0.3, 0.4) is 0 Å². The van der Waals surface area contributed by atoms with Crippen LogP contribution in [0, 0.1) is 46.3 Å². The van der Waals surface area contributed by atoms with Crippen molar-refractivity contribution in [1.82, 2.24) is 0 Å². The van der Waals surface area contributed by atoms with Gasteiger partial charge in [0.25, 0.3) is 0 Å². The van der Waals surface area contributed by atoms with E-state index in [0.29, 0.717) is 11.3 Å². The highest BCUT2D eigenvalue weighted by Crippen LogP contribution is 2.67. The molecule has 0 aromatic heterocycles. The summed E-state index contributed by atoms with van der Waals surface area (Å²) in [6.45, 7) is 18.3. The Morgan fingerprint density at radius 1 is 1.03 bits per heavy atom. The molecular weight excluding hydrogens is 488 g/mol. The molecule has 39 heavy (non-hydrogen) atoms. The molecule has 1 saturated heterocycles. The molecule has 5 aliphatic rings. The third kappa shape index (κ3) is 5.22. The number of aliphatic hydroxyl groups is 3. The number of rotatable bonds is 7.